The Balaban J connectivity index is 1.53. The lowest BCUT2D eigenvalue weighted by atomic mass is 10.0. The van der Waals surface area contributed by atoms with Crippen molar-refractivity contribution in [2.75, 3.05) is 0 Å². The highest BCUT2D eigenvalue weighted by Crippen LogP contribution is 2.20. The number of aryl methyl sites for hydroxylation is 3. The van der Waals surface area contributed by atoms with E-state index in [1.807, 2.05) is 25.3 Å². The zero-order valence-corrected chi connectivity index (χ0v) is 17.4. The molecule has 0 saturated heterocycles. The van der Waals surface area contributed by atoms with E-state index < -0.39 is 23.3 Å². The Morgan fingerprint density at radius 1 is 0.688 bits per heavy atom. The number of benzene rings is 3. The van der Waals surface area contributed by atoms with Crippen LogP contribution >= 0.6 is 0 Å². The summed E-state index contributed by atoms with van der Waals surface area (Å²) in [5.41, 5.74) is 2.63. The number of fused-ring (bicyclic) bond motifs is 1. The van der Waals surface area contributed by atoms with Gasteiger partial charge in [0.1, 0.15) is 11.6 Å². The molecule has 4 aromatic rings. The summed E-state index contributed by atoms with van der Waals surface area (Å²) in [6.07, 6.45) is 3.74. The first-order valence-corrected chi connectivity index (χ1v) is 10.3. The topological polar surface area (TPSA) is 12.9 Å². The molecular weight excluding hydrogens is 414 g/mol. The molecule has 0 saturated carbocycles. The van der Waals surface area contributed by atoms with Gasteiger partial charge < -0.3 is 0 Å². The summed E-state index contributed by atoms with van der Waals surface area (Å²) in [7, 11) is 0. The Bertz CT molecular complexity index is 1330. The fourth-order valence-electron chi connectivity index (χ4n) is 3.43. The number of hydrogen-bond donors (Lipinski definition) is 0. The molecule has 1 heterocycles. The van der Waals surface area contributed by atoms with Gasteiger partial charge in [0, 0.05) is 17.5 Å². The van der Waals surface area contributed by atoms with E-state index in [-0.39, 0.29) is 5.56 Å². The largest absolute Gasteiger partial charge is 0.261 e. The summed E-state index contributed by atoms with van der Waals surface area (Å²) in [6.45, 7) is 2.05. The third kappa shape index (κ3) is 4.81. The average Bonchev–Trinajstić information content (AvgIpc) is 2.78. The highest BCUT2D eigenvalue weighted by Gasteiger charge is 2.10. The smallest absolute Gasteiger partial charge is 0.159 e. The van der Waals surface area contributed by atoms with Crippen LogP contribution in [0.15, 0.2) is 60.8 Å². The molecule has 0 amide bonds. The van der Waals surface area contributed by atoms with E-state index in [4.69, 9.17) is 0 Å². The van der Waals surface area contributed by atoms with Crippen LogP contribution in [-0.2, 0) is 19.3 Å². The molecule has 0 radical (unpaired) electrons. The normalized spacial score (nSPS) is 10.8. The van der Waals surface area contributed by atoms with Crippen LogP contribution in [-0.4, -0.2) is 4.98 Å². The monoisotopic (exact) mass is 433 g/mol. The van der Waals surface area contributed by atoms with Crippen molar-refractivity contribution in [2.24, 2.45) is 0 Å². The molecule has 0 aliphatic rings. The van der Waals surface area contributed by atoms with E-state index in [0.717, 1.165) is 29.8 Å². The lowest BCUT2D eigenvalue weighted by molar-refractivity contribution is 0.511. The van der Waals surface area contributed by atoms with Crippen LogP contribution in [0.25, 0.3) is 10.8 Å². The predicted octanol–water partition coefficient (Wildman–Crippen LogP) is 6.54. The van der Waals surface area contributed by atoms with E-state index in [1.165, 1.54) is 12.1 Å². The summed E-state index contributed by atoms with van der Waals surface area (Å²) in [6, 6.07) is 13.4. The van der Waals surface area contributed by atoms with Crippen molar-refractivity contribution in [2.45, 2.75) is 26.2 Å². The predicted molar refractivity (Wildman–Crippen MR) is 117 cm³/mol. The molecule has 0 fully saturated rings. The molecule has 0 aliphatic heterocycles. The second-order valence-electron chi connectivity index (χ2n) is 7.52. The summed E-state index contributed by atoms with van der Waals surface area (Å²) < 4.78 is 55.9. The van der Waals surface area contributed by atoms with Gasteiger partial charge in [0.2, 0.25) is 0 Å². The number of pyridine rings is 1. The van der Waals surface area contributed by atoms with Gasteiger partial charge in [0.05, 0.1) is 5.56 Å². The Morgan fingerprint density at radius 2 is 1.41 bits per heavy atom. The second-order valence-corrected chi connectivity index (χ2v) is 7.52. The SMILES string of the molecule is CCc1ccc(CCc2cc(F)c(C#Cc3ccc4cc(F)c(F)cc4c3)c(F)c2)nc1. The molecule has 0 spiro atoms. The summed E-state index contributed by atoms with van der Waals surface area (Å²) in [5.74, 6) is 1.84. The van der Waals surface area contributed by atoms with Crippen molar-refractivity contribution in [3.8, 4) is 11.8 Å². The van der Waals surface area contributed by atoms with Crippen LogP contribution < -0.4 is 0 Å². The fraction of sp³-hybridized carbons (Fsp3) is 0.148. The number of aromatic nitrogens is 1. The van der Waals surface area contributed by atoms with Crippen LogP contribution in [0.2, 0.25) is 0 Å². The highest BCUT2D eigenvalue weighted by molar-refractivity contribution is 5.84. The van der Waals surface area contributed by atoms with Gasteiger partial charge in [-0.3, -0.25) is 4.98 Å². The molecule has 0 unspecified atom stereocenters. The Kier molecular flexibility index (Phi) is 6.23. The van der Waals surface area contributed by atoms with Crippen LogP contribution in [0, 0.1) is 35.1 Å². The maximum absolute atomic E-state index is 14.5. The lowest BCUT2D eigenvalue weighted by Gasteiger charge is -2.05. The van der Waals surface area contributed by atoms with E-state index >= 15 is 0 Å². The minimum absolute atomic E-state index is 0.329. The summed E-state index contributed by atoms with van der Waals surface area (Å²) >= 11 is 0. The zero-order valence-electron chi connectivity index (χ0n) is 17.4. The van der Waals surface area contributed by atoms with Gasteiger partial charge in [-0.1, -0.05) is 30.9 Å². The first-order chi connectivity index (χ1) is 15.4. The van der Waals surface area contributed by atoms with Gasteiger partial charge >= 0.3 is 0 Å². The summed E-state index contributed by atoms with van der Waals surface area (Å²) in [4.78, 5) is 4.37. The molecule has 4 rings (SSSR count). The quantitative estimate of drug-likeness (QED) is 0.263. The molecule has 0 atom stereocenters. The minimum atomic E-state index is -0.966. The van der Waals surface area contributed by atoms with Gasteiger partial charge in [0.25, 0.3) is 0 Å². The van der Waals surface area contributed by atoms with Crippen molar-refractivity contribution in [1.29, 1.82) is 0 Å². The minimum Gasteiger partial charge on any atom is -0.261 e. The van der Waals surface area contributed by atoms with Crippen molar-refractivity contribution in [3.05, 3.63) is 112 Å². The number of halogens is 4. The van der Waals surface area contributed by atoms with Crippen molar-refractivity contribution in [1.82, 2.24) is 4.98 Å². The number of hydrogen-bond acceptors (Lipinski definition) is 1. The van der Waals surface area contributed by atoms with Crippen molar-refractivity contribution < 1.29 is 17.6 Å². The third-order valence-corrected chi connectivity index (χ3v) is 5.28. The van der Waals surface area contributed by atoms with Gasteiger partial charge in [-0.2, -0.15) is 0 Å². The van der Waals surface area contributed by atoms with Crippen molar-refractivity contribution >= 4 is 10.8 Å². The number of rotatable bonds is 4. The van der Waals surface area contributed by atoms with E-state index in [1.54, 1.807) is 18.2 Å². The number of nitrogens with zero attached hydrogens (tertiary/aromatic N) is 1. The Morgan fingerprint density at radius 3 is 2.06 bits per heavy atom. The fourth-order valence-corrected chi connectivity index (χ4v) is 3.43. The molecular formula is C27H19F4N. The second kappa shape index (κ2) is 9.23. The molecule has 32 heavy (non-hydrogen) atoms. The van der Waals surface area contributed by atoms with Crippen LogP contribution in [0.4, 0.5) is 17.6 Å². The van der Waals surface area contributed by atoms with Gasteiger partial charge in [-0.25, -0.2) is 17.6 Å². The van der Waals surface area contributed by atoms with E-state index in [2.05, 4.69) is 16.8 Å². The van der Waals surface area contributed by atoms with Crippen LogP contribution in [0.5, 0.6) is 0 Å². The molecule has 3 aromatic carbocycles. The lowest BCUT2D eigenvalue weighted by Crippen LogP contribution is -1.99. The van der Waals surface area contributed by atoms with Crippen LogP contribution in [0.3, 0.4) is 0 Å². The van der Waals surface area contributed by atoms with Gasteiger partial charge in [0.15, 0.2) is 11.6 Å². The first kappa shape index (κ1) is 21.6. The Labute approximate surface area is 183 Å². The maximum Gasteiger partial charge on any atom is 0.159 e. The molecule has 160 valence electrons. The van der Waals surface area contributed by atoms with Crippen LogP contribution in [0.1, 0.15) is 34.9 Å². The first-order valence-electron chi connectivity index (χ1n) is 10.3. The standard InChI is InChI=1S/C27H19F4N/c1-2-17-4-8-22(32-16-17)9-5-19-12-24(28)23(25(29)13-19)10-6-18-3-7-20-14-26(30)27(31)15-21(20)11-18/h3-4,7-8,11-16H,2,5,9H2,1H3. The molecule has 0 aliphatic carbocycles. The molecule has 0 N–H and O–H groups in total. The maximum atomic E-state index is 14.5. The van der Waals surface area contributed by atoms with E-state index in [9.17, 15) is 17.6 Å². The molecule has 0 bridgehead atoms. The molecule has 1 nitrogen and oxygen atoms in total. The van der Waals surface area contributed by atoms with E-state index in [0.29, 0.717) is 34.7 Å². The highest BCUT2D eigenvalue weighted by atomic mass is 19.2. The summed E-state index contributed by atoms with van der Waals surface area (Å²) in [5, 5.41) is 0.961. The Hall–Kier alpha value is -3.65. The molecule has 1 aromatic heterocycles. The van der Waals surface area contributed by atoms with Gasteiger partial charge in [-0.15, -0.1) is 0 Å². The van der Waals surface area contributed by atoms with Crippen molar-refractivity contribution in [3.63, 3.8) is 0 Å². The zero-order chi connectivity index (χ0) is 22.7. The molecule has 5 heteroatoms. The average molecular weight is 433 g/mol. The van der Waals surface area contributed by atoms with Gasteiger partial charge in [-0.05, 0) is 83.6 Å². The third-order valence-electron chi connectivity index (χ3n) is 5.28.